The fourth-order valence-corrected chi connectivity index (χ4v) is 3.20. The largest absolute Gasteiger partial charge is 0.426 e. The molecule has 0 aliphatic heterocycles. The summed E-state index contributed by atoms with van der Waals surface area (Å²) in [6, 6.07) is 13.8. The van der Waals surface area contributed by atoms with Gasteiger partial charge in [0.25, 0.3) is 0 Å². The molecule has 5 heteroatoms. The van der Waals surface area contributed by atoms with Crippen LogP contribution >= 0.6 is 11.3 Å². The van der Waals surface area contributed by atoms with Crippen molar-refractivity contribution in [2.24, 2.45) is 0 Å². The summed E-state index contributed by atoms with van der Waals surface area (Å²) in [6.07, 6.45) is 0.0811. The highest BCUT2D eigenvalue weighted by molar-refractivity contribution is 7.13. The number of carbonyl (C=O) groups is 1. The Morgan fingerprint density at radius 1 is 1.20 bits per heavy atom. The molecule has 128 valence electrons. The maximum atomic E-state index is 13.3. The van der Waals surface area contributed by atoms with Crippen LogP contribution in [0.15, 0.2) is 53.9 Å². The number of thiazole rings is 1. The quantitative estimate of drug-likeness (QED) is 0.465. The van der Waals surface area contributed by atoms with Gasteiger partial charge < -0.3 is 4.74 Å². The molecule has 0 spiro atoms. The molecule has 3 rings (SSSR count). The number of hydrogen-bond acceptors (Lipinski definition) is 4. The fourth-order valence-electron chi connectivity index (χ4n) is 2.38. The zero-order chi connectivity index (χ0) is 17.8. The maximum absolute atomic E-state index is 13.3. The molecule has 1 aromatic heterocycles. The Hall–Kier alpha value is -2.53. The van der Waals surface area contributed by atoms with E-state index in [4.69, 9.17) is 4.74 Å². The van der Waals surface area contributed by atoms with Gasteiger partial charge in [0.15, 0.2) is 0 Å². The molecule has 1 heterocycles. The molecule has 0 fully saturated rings. The number of aromatic nitrogens is 1. The van der Waals surface area contributed by atoms with Crippen LogP contribution in [0.5, 0.6) is 5.75 Å². The minimum Gasteiger partial charge on any atom is -0.426 e. The summed E-state index contributed by atoms with van der Waals surface area (Å²) in [5, 5.41) is 2.48. The number of esters is 1. The van der Waals surface area contributed by atoms with Crippen molar-refractivity contribution in [3.05, 3.63) is 71.0 Å². The Labute approximate surface area is 150 Å². The Bertz CT molecular complexity index is 871. The molecule has 0 atom stereocenters. The van der Waals surface area contributed by atoms with Gasteiger partial charge in [0, 0.05) is 10.9 Å². The Balaban J connectivity index is 1.63. The van der Waals surface area contributed by atoms with E-state index in [-0.39, 0.29) is 18.2 Å². The van der Waals surface area contributed by atoms with Crippen LogP contribution < -0.4 is 4.74 Å². The summed E-state index contributed by atoms with van der Waals surface area (Å²) >= 11 is 1.38. The number of benzene rings is 2. The highest BCUT2D eigenvalue weighted by Crippen LogP contribution is 2.25. The minimum atomic E-state index is -0.367. The smallest absolute Gasteiger partial charge is 0.317 e. The third kappa shape index (κ3) is 4.51. The second-order valence-corrected chi connectivity index (χ2v) is 6.89. The van der Waals surface area contributed by atoms with E-state index in [9.17, 15) is 9.18 Å². The summed E-state index contributed by atoms with van der Waals surface area (Å²) in [4.78, 5) is 16.5. The predicted molar refractivity (Wildman–Crippen MR) is 97.4 cm³/mol. The number of hydrogen-bond donors (Lipinski definition) is 0. The second kappa shape index (κ2) is 7.57. The maximum Gasteiger partial charge on any atom is 0.317 e. The van der Waals surface area contributed by atoms with Gasteiger partial charge in [-0.1, -0.05) is 38.1 Å². The van der Waals surface area contributed by atoms with Crippen molar-refractivity contribution in [3.63, 3.8) is 0 Å². The van der Waals surface area contributed by atoms with Crippen molar-refractivity contribution in [1.29, 1.82) is 0 Å². The van der Waals surface area contributed by atoms with E-state index in [0.717, 1.165) is 0 Å². The predicted octanol–water partition coefficient (Wildman–Crippen LogP) is 5.22. The zero-order valence-electron chi connectivity index (χ0n) is 14.0. The molecule has 0 aliphatic carbocycles. The van der Waals surface area contributed by atoms with Crippen molar-refractivity contribution in [2.75, 3.05) is 0 Å². The molecular formula is C20H18FNO2S. The van der Waals surface area contributed by atoms with Crippen LogP contribution in [-0.2, 0) is 11.2 Å². The van der Waals surface area contributed by atoms with Gasteiger partial charge in [0.2, 0.25) is 0 Å². The summed E-state index contributed by atoms with van der Waals surface area (Å²) in [5.41, 5.74) is 2.51. The number of rotatable bonds is 5. The van der Waals surface area contributed by atoms with Gasteiger partial charge in [-0.2, -0.15) is 0 Å². The lowest BCUT2D eigenvalue weighted by molar-refractivity contribution is -0.133. The van der Waals surface area contributed by atoms with E-state index in [1.54, 1.807) is 29.6 Å². The van der Waals surface area contributed by atoms with Crippen LogP contribution in [0.1, 0.15) is 31.0 Å². The summed E-state index contributed by atoms with van der Waals surface area (Å²) in [6.45, 7) is 4.22. The average Bonchev–Trinajstić information content (AvgIpc) is 3.03. The summed E-state index contributed by atoms with van der Waals surface area (Å²) in [7, 11) is 0. The molecule has 0 amide bonds. The zero-order valence-corrected chi connectivity index (χ0v) is 14.8. The second-order valence-electron chi connectivity index (χ2n) is 6.03. The van der Waals surface area contributed by atoms with Crippen LogP contribution in [0.4, 0.5) is 4.39 Å². The van der Waals surface area contributed by atoms with E-state index in [2.05, 4.69) is 18.8 Å². The van der Waals surface area contributed by atoms with Crippen LogP contribution in [0.3, 0.4) is 0 Å². The Morgan fingerprint density at radius 2 is 1.96 bits per heavy atom. The minimum absolute atomic E-state index is 0.0811. The van der Waals surface area contributed by atoms with E-state index in [1.807, 2.05) is 12.1 Å². The number of nitrogens with zero attached hydrogens (tertiary/aromatic N) is 1. The molecule has 3 nitrogen and oxygen atoms in total. The molecule has 3 aromatic rings. The summed E-state index contributed by atoms with van der Waals surface area (Å²) < 4.78 is 18.6. The van der Waals surface area contributed by atoms with Gasteiger partial charge in [-0.3, -0.25) is 4.79 Å². The van der Waals surface area contributed by atoms with Crippen LogP contribution in [-0.4, -0.2) is 11.0 Å². The van der Waals surface area contributed by atoms with E-state index < -0.39 is 0 Å². The summed E-state index contributed by atoms with van der Waals surface area (Å²) in [5.74, 6) is 0.280. The molecule has 0 N–H and O–H groups in total. The molecular weight excluding hydrogens is 337 g/mol. The van der Waals surface area contributed by atoms with Crippen molar-refractivity contribution in [2.45, 2.75) is 26.2 Å². The van der Waals surface area contributed by atoms with Gasteiger partial charge in [-0.05, 0) is 35.7 Å². The molecule has 0 aliphatic rings. The van der Waals surface area contributed by atoms with Crippen LogP contribution in [0.2, 0.25) is 0 Å². The van der Waals surface area contributed by atoms with Gasteiger partial charge >= 0.3 is 5.97 Å². The first-order valence-electron chi connectivity index (χ1n) is 8.02. The SMILES string of the molecule is CC(C)c1ccc(OC(=O)Cc2csc(-c3cccc(F)c3)n2)cc1. The lowest BCUT2D eigenvalue weighted by atomic mass is 10.0. The third-order valence-corrected chi connectivity index (χ3v) is 4.67. The monoisotopic (exact) mass is 355 g/mol. The molecule has 0 unspecified atom stereocenters. The first-order valence-corrected chi connectivity index (χ1v) is 8.90. The lowest BCUT2D eigenvalue weighted by Crippen LogP contribution is -2.11. The highest BCUT2D eigenvalue weighted by atomic mass is 32.1. The first kappa shape index (κ1) is 17.3. The Morgan fingerprint density at radius 3 is 2.64 bits per heavy atom. The van der Waals surface area contributed by atoms with Crippen LogP contribution in [0, 0.1) is 5.82 Å². The highest BCUT2D eigenvalue weighted by Gasteiger charge is 2.11. The van der Waals surface area contributed by atoms with E-state index >= 15 is 0 Å². The molecule has 0 radical (unpaired) electrons. The normalized spacial score (nSPS) is 10.9. The Kier molecular flexibility index (Phi) is 5.24. The topological polar surface area (TPSA) is 39.2 Å². The number of halogens is 1. The van der Waals surface area contributed by atoms with Crippen molar-refractivity contribution in [3.8, 4) is 16.3 Å². The van der Waals surface area contributed by atoms with Gasteiger partial charge in [0.1, 0.15) is 16.6 Å². The number of ether oxygens (including phenoxy) is 1. The standard InChI is InChI=1S/C20H18FNO2S/c1-13(2)14-6-8-18(9-7-14)24-19(23)11-17-12-25-20(22-17)15-4-3-5-16(21)10-15/h3-10,12-13H,11H2,1-2H3. The average molecular weight is 355 g/mol. The van der Waals surface area contributed by atoms with E-state index in [1.165, 1.54) is 29.0 Å². The third-order valence-electron chi connectivity index (χ3n) is 3.73. The molecule has 25 heavy (non-hydrogen) atoms. The molecule has 0 saturated carbocycles. The molecule has 2 aromatic carbocycles. The van der Waals surface area contributed by atoms with Crippen LogP contribution in [0.25, 0.3) is 10.6 Å². The number of carbonyl (C=O) groups excluding carboxylic acids is 1. The molecule has 0 saturated heterocycles. The van der Waals surface area contributed by atoms with Gasteiger partial charge in [-0.15, -0.1) is 11.3 Å². The first-order chi connectivity index (χ1) is 12.0. The lowest BCUT2D eigenvalue weighted by Gasteiger charge is -2.07. The fraction of sp³-hybridized carbons (Fsp3) is 0.200. The van der Waals surface area contributed by atoms with Crippen molar-refractivity contribution < 1.29 is 13.9 Å². The van der Waals surface area contributed by atoms with Gasteiger partial charge in [-0.25, -0.2) is 9.37 Å². The van der Waals surface area contributed by atoms with Gasteiger partial charge in [0.05, 0.1) is 12.1 Å². The van der Waals surface area contributed by atoms with E-state index in [0.29, 0.717) is 27.9 Å². The molecule has 0 bridgehead atoms. The van der Waals surface area contributed by atoms with Crippen molar-refractivity contribution >= 4 is 17.3 Å². The van der Waals surface area contributed by atoms with Crippen molar-refractivity contribution in [1.82, 2.24) is 4.98 Å².